The van der Waals surface area contributed by atoms with Gasteiger partial charge in [-0.2, -0.15) is 4.31 Å². The lowest BCUT2D eigenvalue weighted by Gasteiger charge is -2.24. The van der Waals surface area contributed by atoms with Gasteiger partial charge in [0, 0.05) is 18.8 Å². The molecule has 0 bridgehead atoms. The molecule has 0 amide bonds. The van der Waals surface area contributed by atoms with Gasteiger partial charge in [0.1, 0.15) is 0 Å². The van der Waals surface area contributed by atoms with Crippen molar-refractivity contribution in [1.29, 1.82) is 0 Å². The van der Waals surface area contributed by atoms with E-state index in [2.05, 4.69) is 0 Å². The first-order valence-corrected chi connectivity index (χ1v) is 9.86. The molecule has 1 heterocycles. The number of sulfone groups is 1. The summed E-state index contributed by atoms with van der Waals surface area (Å²) in [5.41, 5.74) is 7.55. The van der Waals surface area contributed by atoms with Gasteiger partial charge in [0.15, 0.2) is 9.84 Å². The largest absolute Gasteiger partial charge is 0.399 e. The molecule has 1 fully saturated rings. The van der Waals surface area contributed by atoms with Gasteiger partial charge in [0.05, 0.1) is 16.4 Å². The Morgan fingerprint density at radius 1 is 1.29 bits per heavy atom. The zero-order chi connectivity index (χ0) is 16.0. The minimum Gasteiger partial charge on any atom is -0.399 e. The maximum atomic E-state index is 12.7. The summed E-state index contributed by atoms with van der Waals surface area (Å²) in [6, 6.07) is 2.63. The fraction of sp³-hybridized carbons (Fsp3) is 0.538. The molecule has 2 N–H and O–H groups in total. The van der Waals surface area contributed by atoms with E-state index in [9.17, 15) is 16.8 Å². The molecule has 2 rings (SSSR count). The highest BCUT2D eigenvalue weighted by Gasteiger charge is 2.37. The Morgan fingerprint density at radius 3 is 2.43 bits per heavy atom. The van der Waals surface area contributed by atoms with Crippen LogP contribution in [0.3, 0.4) is 0 Å². The number of hydrogen-bond acceptors (Lipinski definition) is 5. The Hall–Kier alpha value is -1.12. The van der Waals surface area contributed by atoms with Crippen LogP contribution in [0.25, 0.3) is 0 Å². The molecule has 0 spiro atoms. The predicted octanol–water partition coefficient (Wildman–Crippen LogP) is 0.693. The van der Waals surface area contributed by atoms with Crippen LogP contribution in [0.4, 0.5) is 5.69 Å². The maximum absolute atomic E-state index is 12.7. The van der Waals surface area contributed by atoms with Crippen molar-refractivity contribution in [2.75, 3.05) is 24.3 Å². The summed E-state index contributed by atoms with van der Waals surface area (Å²) in [6.07, 6.45) is 0.332. The van der Waals surface area contributed by atoms with Gasteiger partial charge in [0.25, 0.3) is 0 Å². The van der Waals surface area contributed by atoms with E-state index >= 15 is 0 Å². The van der Waals surface area contributed by atoms with E-state index in [1.54, 1.807) is 19.9 Å². The minimum atomic E-state index is -3.76. The van der Waals surface area contributed by atoms with E-state index in [-0.39, 0.29) is 16.4 Å². The van der Waals surface area contributed by atoms with Gasteiger partial charge in [-0.25, -0.2) is 16.8 Å². The summed E-state index contributed by atoms with van der Waals surface area (Å²) in [6.45, 7) is 3.52. The van der Waals surface area contributed by atoms with E-state index in [0.717, 1.165) is 5.56 Å². The van der Waals surface area contributed by atoms with E-state index in [4.69, 9.17) is 5.73 Å². The van der Waals surface area contributed by atoms with Gasteiger partial charge in [-0.3, -0.25) is 0 Å². The lowest BCUT2D eigenvalue weighted by Crippen LogP contribution is -2.38. The standard InChI is InChI=1S/C13H20N2O4S2/c1-9-6-11(14)7-13(10(9)2)21(18,19)15(3)12-4-5-20(16,17)8-12/h6-7,12H,4-5,8,14H2,1-3H3. The molecule has 1 aliphatic heterocycles. The van der Waals surface area contributed by atoms with Crippen LogP contribution in [0.1, 0.15) is 17.5 Å². The first-order valence-electron chi connectivity index (χ1n) is 6.60. The predicted molar refractivity (Wildman–Crippen MR) is 82.3 cm³/mol. The average molecular weight is 332 g/mol. The molecule has 1 aromatic carbocycles. The van der Waals surface area contributed by atoms with Crippen LogP contribution in [0, 0.1) is 13.8 Å². The second-order valence-electron chi connectivity index (χ2n) is 5.54. The second kappa shape index (κ2) is 5.26. The molecule has 0 aromatic heterocycles. The van der Waals surface area contributed by atoms with Gasteiger partial charge in [-0.05, 0) is 43.5 Å². The fourth-order valence-corrected chi connectivity index (χ4v) is 6.12. The number of rotatable bonds is 3. The summed E-state index contributed by atoms with van der Waals surface area (Å²) in [4.78, 5) is 0.145. The molecule has 1 atom stereocenters. The zero-order valence-corrected chi connectivity index (χ0v) is 14.0. The van der Waals surface area contributed by atoms with E-state index in [1.807, 2.05) is 0 Å². The maximum Gasteiger partial charge on any atom is 0.243 e. The third-order valence-corrected chi connectivity index (χ3v) is 7.81. The summed E-state index contributed by atoms with van der Waals surface area (Å²) in [7, 11) is -5.47. The number of anilines is 1. The Morgan fingerprint density at radius 2 is 1.90 bits per heavy atom. The molecule has 1 saturated heterocycles. The molecule has 1 unspecified atom stereocenters. The smallest absolute Gasteiger partial charge is 0.243 e. The van der Waals surface area contributed by atoms with Crippen LogP contribution in [-0.2, 0) is 19.9 Å². The highest BCUT2D eigenvalue weighted by molar-refractivity contribution is 7.92. The van der Waals surface area contributed by atoms with E-state index in [0.29, 0.717) is 17.7 Å². The summed E-state index contributed by atoms with van der Waals surface area (Å²) in [5.74, 6) is -0.0878. The molecule has 0 saturated carbocycles. The Bertz CT molecular complexity index is 770. The quantitative estimate of drug-likeness (QED) is 0.822. The second-order valence-corrected chi connectivity index (χ2v) is 9.73. The van der Waals surface area contributed by atoms with E-state index < -0.39 is 25.9 Å². The number of nitrogens with two attached hydrogens (primary N) is 1. The van der Waals surface area contributed by atoms with Gasteiger partial charge in [0.2, 0.25) is 10.0 Å². The number of hydrogen-bond donors (Lipinski definition) is 1. The zero-order valence-electron chi connectivity index (χ0n) is 12.3. The van der Waals surface area contributed by atoms with Crippen LogP contribution >= 0.6 is 0 Å². The topological polar surface area (TPSA) is 97.5 Å². The fourth-order valence-electron chi connectivity index (χ4n) is 2.54. The number of sulfonamides is 1. The SMILES string of the molecule is Cc1cc(N)cc(S(=O)(=O)N(C)C2CCS(=O)(=O)C2)c1C. The monoisotopic (exact) mass is 332 g/mol. The number of aryl methyl sites for hydroxylation is 1. The van der Waals surface area contributed by atoms with Crippen molar-refractivity contribution < 1.29 is 16.8 Å². The normalized spacial score (nSPS) is 21.8. The van der Waals surface area contributed by atoms with Crippen LogP contribution < -0.4 is 5.73 Å². The van der Waals surface area contributed by atoms with Crippen molar-refractivity contribution in [2.24, 2.45) is 0 Å². The van der Waals surface area contributed by atoms with Crippen molar-refractivity contribution in [3.8, 4) is 0 Å². The van der Waals surface area contributed by atoms with Crippen LogP contribution in [0.15, 0.2) is 17.0 Å². The van der Waals surface area contributed by atoms with Gasteiger partial charge in [-0.15, -0.1) is 0 Å². The van der Waals surface area contributed by atoms with E-state index in [1.165, 1.54) is 17.4 Å². The van der Waals surface area contributed by atoms with Crippen molar-refractivity contribution in [3.63, 3.8) is 0 Å². The lowest BCUT2D eigenvalue weighted by atomic mass is 10.1. The first kappa shape index (κ1) is 16.3. The Labute approximate surface area is 125 Å². The van der Waals surface area contributed by atoms with Crippen LogP contribution in [0.5, 0.6) is 0 Å². The number of nitrogens with zero attached hydrogens (tertiary/aromatic N) is 1. The third-order valence-electron chi connectivity index (χ3n) is 4.02. The molecule has 0 aliphatic carbocycles. The van der Waals surface area contributed by atoms with Gasteiger partial charge < -0.3 is 5.73 Å². The van der Waals surface area contributed by atoms with Crippen LogP contribution in [-0.4, -0.2) is 45.7 Å². The third kappa shape index (κ3) is 3.07. The number of nitrogen functional groups attached to an aromatic ring is 1. The Kier molecular flexibility index (Phi) is 4.07. The molecule has 118 valence electrons. The molecular weight excluding hydrogens is 312 g/mol. The molecule has 0 radical (unpaired) electrons. The average Bonchev–Trinajstić information content (AvgIpc) is 2.73. The van der Waals surface area contributed by atoms with Crippen molar-refractivity contribution in [3.05, 3.63) is 23.3 Å². The molecule has 6 nitrogen and oxygen atoms in total. The molecule has 1 aliphatic rings. The summed E-state index contributed by atoms with van der Waals surface area (Å²) in [5, 5.41) is 0. The van der Waals surface area contributed by atoms with Gasteiger partial charge in [-0.1, -0.05) is 0 Å². The molecule has 8 heteroatoms. The molecule has 1 aromatic rings. The lowest BCUT2D eigenvalue weighted by molar-refractivity contribution is 0.393. The Balaban J connectivity index is 2.43. The molecular formula is C13H20N2O4S2. The minimum absolute atomic E-state index is 0.0342. The van der Waals surface area contributed by atoms with Crippen molar-refractivity contribution >= 4 is 25.5 Å². The van der Waals surface area contributed by atoms with Crippen molar-refractivity contribution in [2.45, 2.75) is 31.2 Å². The highest BCUT2D eigenvalue weighted by Crippen LogP contribution is 2.28. The highest BCUT2D eigenvalue weighted by atomic mass is 32.2. The van der Waals surface area contributed by atoms with Crippen molar-refractivity contribution in [1.82, 2.24) is 4.31 Å². The summed E-state index contributed by atoms with van der Waals surface area (Å²) < 4.78 is 49.7. The summed E-state index contributed by atoms with van der Waals surface area (Å²) >= 11 is 0. The van der Waals surface area contributed by atoms with Crippen LogP contribution in [0.2, 0.25) is 0 Å². The molecule has 21 heavy (non-hydrogen) atoms. The van der Waals surface area contributed by atoms with Gasteiger partial charge >= 0.3 is 0 Å². The number of benzene rings is 1. The first-order chi connectivity index (χ1) is 9.54.